The summed E-state index contributed by atoms with van der Waals surface area (Å²) in [4.78, 5) is 36.8. The molecule has 1 N–H and O–H groups in total. The molecule has 0 spiro atoms. The van der Waals surface area contributed by atoms with Crippen LogP contribution in [0.3, 0.4) is 0 Å². The maximum absolute atomic E-state index is 12.3. The third-order valence-corrected chi connectivity index (χ3v) is 3.43. The number of aryl methyl sites for hydroxylation is 2. The summed E-state index contributed by atoms with van der Waals surface area (Å²) >= 11 is 0. The number of imide groups is 2. The largest absolute Gasteiger partial charge is 0.361 e. The highest BCUT2D eigenvalue weighted by atomic mass is 16.5. The van der Waals surface area contributed by atoms with E-state index in [9.17, 15) is 14.4 Å². The van der Waals surface area contributed by atoms with Gasteiger partial charge in [-0.3, -0.25) is 19.8 Å². The minimum Gasteiger partial charge on any atom is -0.361 e. The van der Waals surface area contributed by atoms with Gasteiger partial charge in [0, 0.05) is 5.56 Å². The van der Waals surface area contributed by atoms with Gasteiger partial charge < -0.3 is 4.52 Å². The highest BCUT2D eigenvalue weighted by Gasteiger charge is 2.40. The molecule has 1 aromatic rings. The summed E-state index contributed by atoms with van der Waals surface area (Å²) in [5.74, 6) is -1.21. The lowest BCUT2D eigenvalue weighted by atomic mass is 9.99. The van der Waals surface area contributed by atoms with Crippen LogP contribution in [0.4, 0.5) is 4.79 Å². The Hall–Kier alpha value is -2.18. The minimum atomic E-state index is -0.793. The van der Waals surface area contributed by atoms with Gasteiger partial charge in [0.2, 0.25) is 11.8 Å². The number of nitrogens with one attached hydrogen (secondary N) is 1. The van der Waals surface area contributed by atoms with E-state index in [-0.39, 0.29) is 6.54 Å². The molecule has 1 fully saturated rings. The third-order valence-electron chi connectivity index (χ3n) is 3.43. The van der Waals surface area contributed by atoms with Gasteiger partial charge in [0.05, 0.1) is 12.2 Å². The smallest absolute Gasteiger partial charge is 0.331 e. The van der Waals surface area contributed by atoms with Crippen LogP contribution in [0.2, 0.25) is 0 Å². The van der Waals surface area contributed by atoms with Crippen molar-refractivity contribution < 1.29 is 18.9 Å². The fraction of sp³-hybridized carbons (Fsp3) is 0.538. The number of carbonyl (C=O) groups is 3. The molecule has 0 saturated carbocycles. The molecular weight excluding hydrogens is 262 g/mol. The van der Waals surface area contributed by atoms with E-state index in [2.05, 4.69) is 10.5 Å². The number of rotatable bonds is 4. The van der Waals surface area contributed by atoms with Crippen LogP contribution < -0.4 is 5.32 Å². The summed E-state index contributed by atoms with van der Waals surface area (Å²) in [7, 11) is 0. The lowest BCUT2D eigenvalue weighted by Gasteiger charge is -2.29. The van der Waals surface area contributed by atoms with Crippen molar-refractivity contribution in [2.75, 3.05) is 0 Å². The van der Waals surface area contributed by atoms with Crippen LogP contribution in [0.15, 0.2) is 4.52 Å². The fourth-order valence-corrected chi connectivity index (χ4v) is 2.24. The number of hydrogen-bond acceptors (Lipinski definition) is 5. The van der Waals surface area contributed by atoms with Gasteiger partial charge in [-0.2, -0.15) is 0 Å². The summed E-state index contributed by atoms with van der Waals surface area (Å²) < 4.78 is 5.02. The van der Waals surface area contributed by atoms with Crippen molar-refractivity contribution in [1.82, 2.24) is 15.4 Å². The van der Waals surface area contributed by atoms with E-state index in [1.807, 2.05) is 6.92 Å². The summed E-state index contributed by atoms with van der Waals surface area (Å²) in [6.45, 7) is 5.41. The van der Waals surface area contributed by atoms with E-state index in [1.165, 1.54) is 0 Å². The molecule has 1 aliphatic heterocycles. The van der Waals surface area contributed by atoms with Gasteiger partial charge in [0.15, 0.2) is 0 Å². The predicted molar refractivity (Wildman–Crippen MR) is 68.5 cm³/mol. The number of barbiturate groups is 1. The molecule has 108 valence electrons. The molecule has 1 saturated heterocycles. The first-order valence-corrected chi connectivity index (χ1v) is 6.53. The molecule has 0 bridgehead atoms. The highest BCUT2D eigenvalue weighted by Crippen LogP contribution is 2.21. The summed E-state index contributed by atoms with van der Waals surface area (Å²) in [5, 5.41) is 6.01. The Morgan fingerprint density at radius 3 is 2.55 bits per heavy atom. The van der Waals surface area contributed by atoms with E-state index in [4.69, 9.17) is 4.52 Å². The van der Waals surface area contributed by atoms with Crippen molar-refractivity contribution in [2.24, 2.45) is 5.92 Å². The molecule has 1 atom stereocenters. The zero-order valence-corrected chi connectivity index (χ0v) is 11.7. The molecule has 1 aliphatic rings. The Labute approximate surface area is 116 Å². The second kappa shape index (κ2) is 5.44. The molecule has 0 aliphatic carbocycles. The lowest BCUT2D eigenvalue weighted by Crippen LogP contribution is -2.57. The first kappa shape index (κ1) is 14.2. The fourth-order valence-electron chi connectivity index (χ4n) is 2.24. The van der Waals surface area contributed by atoms with Crippen LogP contribution in [0.1, 0.15) is 36.8 Å². The zero-order chi connectivity index (χ0) is 14.9. The highest BCUT2D eigenvalue weighted by molar-refractivity contribution is 6.16. The topological polar surface area (TPSA) is 92.5 Å². The average Bonchev–Trinajstić information content (AvgIpc) is 2.70. The van der Waals surface area contributed by atoms with Crippen LogP contribution in [-0.4, -0.2) is 27.9 Å². The van der Waals surface area contributed by atoms with Gasteiger partial charge in [-0.1, -0.05) is 18.5 Å². The molecule has 20 heavy (non-hydrogen) atoms. The summed E-state index contributed by atoms with van der Waals surface area (Å²) in [6, 6.07) is -0.688. The molecule has 0 aromatic carbocycles. The zero-order valence-electron chi connectivity index (χ0n) is 11.7. The number of nitrogens with zero attached hydrogens (tertiary/aromatic N) is 2. The van der Waals surface area contributed by atoms with E-state index in [0.717, 1.165) is 4.90 Å². The predicted octanol–water partition coefficient (Wildman–Crippen LogP) is 1.29. The molecule has 7 heteroatoms. The maximum Gasteiger partial charge on any atom is 0.331 e. The molecule has 1 unspecified atom stereocenters. The van der Waals surface area contributed by atoms with Gasteiger partial charge in [-0.05, 0) is 20.3 Å². The Kier molecular flexibility index (Phi) is 3.87. The van der Waals surface area contributed by atoms with Crippen molar-refractivity contribution in [3.8, 4) is 0 Å². The Morgan fingerprint density at radius 2 is 2.00 bits per heavy atom. The molecule has 4 amide bonds. The number of urea groups is 1. The van der Waals surface area contributed by atoms with E-state index >= 15 is 0 Å². The number of amides is 4. The SMILES string of the molecule is CCCC1C(=O)NC(=O)N(Cc2c(C)noc2C)C1=O. The molecule has 7 nitrogen and oxygen atoms in total. The van der Waals surface area contributed by atoms with Gasteiger partial charge in [-0.25, -0.2) is 4.79 Å². The van der Waals surface area contributed by atoms with E-state index in [0.29, 0.717) is 29.9 Å². The third kappa shape index (κ3) is 2.43. The minimum absolute atomic E-state index is 0.0688. The normalized spacial score (nSPS) is 19.4. The second-order valence-corrected chi connectivity index (χ2v) is 4.86. The van der Waals surface area contributed by atoms with Crippen molar-refractivity contribution >= 4 is 17.8 Å². The standard InChI is InChI=1S/C13H17N3O4/c1-4-5-9-11(17)14-13(19)16(12(9)18)6-10-7(2)15-20-8(10)3/h9H,4-6H2,1-3H3,(H,14,17,19). The van der Waals surface area contributed by atoms with Crippen molar-refractivity contribution in [3.63, 3.8) is 0 Å². The Morgan fingerprint density at radius 1 is 1.30 bits per heavy atom. The van der Waals surface area contributed by atoms with Gasteiger partial charge in [0.25, 0.3) is 0 Å². The molecule has 1 aromatic heterocycles. The Balaban J connectivity index is 2.24. The van der Waals surface area contributed by atoms with Gasteiger partial charge >= 0.3 is 6.03 Å². The van der Waals surface area contributed by atoms with Crippen LogP contribution >= 0.6 is 0 Å². The molecule has 2 heterocycles. The van der Waals surface area contributed by atoms with Gasteiger partial charge in [0.1, 0.15) is 11.7 Å². The van der Waals surface area contributed by atoms with Crippen LogP contribution in [0, 0.1) is 19.8 Å². The first-order valence-electron chi connectivity index (χ1n) is 6.53. The van der Waals surface area contributed by atoms with Gasteiger partial charge in [-0.15, -0.1) is 0 Å². The maximum atomic E-state index is 12.3. The molecule has 2 rings (SSSR count). The van der Waals surface area contributed by atoms with E-state index < -0.39 is 23.8 Å². The van der Waals surface area contributed by atoms with Crippen molar-refractivity contribution in [1.29, 1.82) is 0 Å². The first-order chi connectivity index (χ1) is 9.45. The van der Waals surface area contributed by atoms with Crippen LogP contribution in [0.5, 0.6) is 0 Å². The lowest BCUT2D eigenvalue weighted by molar-refractivity contribution is -0.143. The van der Waals surface area contributed by atoms with Crippen LogP contribution in [0.25, 0.3) is 0 Å². The number of carbonyl (C=O) groups excluding carboxylic acids is 3. The van der Waals surface area contributed by atoms with Crippen LogP contribution in [-0.2, 0) is 16.1 Å². The Bertz CT molecular complexity index is 544. The number of hydrogen-bond donors (Lipinski definition) is 1. The molecule has 0 radical (unpaired) electrons. The van der Waals surface area contributed by atoms with Crippen molar-refractivity contribution in [2.45, 2.75) is 40.2 Å². The number of aromatic nitrogens is 1. The monoisotopic (exact) mass is 279 g/mol. The molecular formula is C13H17N3O4. The summed E-state index contributed by atoms with van der Waals surface area (Å²) in [5.41, 5.74) is 1.32. The average molecular weight is 279 g/mol. The quantitative estimate of drug-likeness (QED) is 0.838. The van der Waals surface area contributed by atoms with E-state index in [1.54, 1.807) is 13.8 Å². The van der Waals surface area contributed by atoms with Crippen molar-refractivity contribution in [3.05, 3.63) is 17.0 Å². The summed E-state index contributed by atoms with van der Waals surface area (Å²) in [6.07, 6.45) is 1.12. The second-order valence-electron chi connectivity index (χ2n) is 4.86.